The third kappa shape index (κ3) is 3.18. The molecule has 1 rings (SSSR count). The molecule has 0 bridgehead atoms. The van der Waals surface area contributed by atoms with Gasteiger partial charge in [-0.25, -0.2) is 13.1 Å². The lowest BCUT2D eigenvalue weighted by Gasteiger charge is -2.39. The minimum absolute atomic E-state index is 0.000231. The van der Waals surface area contributed by atoms with Crippen LogP contribution in [0.5, 0.6) is 0 Å². The van der Waals surface area contributed by atoms with Gasteiger partial charge in [0.1, 0.15) is 0 Å². The molecule has 0 heterocycles. The van der Waals surface area contributed by atoms with Crippen molar-refractivity contribution >= 4 is 10.0 Å². The van der Waals surface area contributed by atoms with Crippen LogP contribution in [-0.2, 0) is 10.0 Å². The zero-order chi connectivity index (χ0) is 12.4. The molecular formula is C11H23NO3S. The quantitative estimate of drug-likeness (QED) is 0.788. The van der Waals surface area contributed by atoms with Crippen LogP contribution in [-0.4, -0.2) is 31.4 Å². The fraction of sp³-hybridized carbons (Fsp3) is 1.00. The van der Waals surface area contributed by atoms with E-state index >= 15 is 0 Å². The van der Waals surface area contributed by atoms with Gasteiger partial charge < -0.3 is 5.11 Å². The van der Waals surface area contributed by atoms with Gasteiger partial charge in [0.2, 0.25) is 10.0 Å². The highest BCUT2D eigenvalue weighted by Gasteiger charge is 2.35. The number of nitrogens with one attached hydrogen (secondary N) is 1. The van der Waals surface area contributed by atoms with E-state index in [4.69, 9.17) is 5.11 Å². The molecule has 96 valence electrons. The largest absolute Gasteiger partial charge is 0.395 e. The lowest BCUT2D eigenvalue weighted by Crippen LogP contribution is -2.49. The summed E-state index contributed by atoms with van der Waals surface area (Å²) in [5.41, 5.74) is 0.0144. The van der Waals surface area contributed by atoms with Crippen molar-refractivity contribution in [2.45, 2.75) is 57.7 Å². The highest BCUT2D eigenvalue weighted by atomic mass is 32.2. The third-order valence-corrected chi connectivity index (χ3v) is 5.42. The van der Waals surface area contributed by atoms with Crippen LogP contribution in [0.25, 0.3) is 0 Å². The molecule has 2 unspecified atom stereocenters. The van der Waals surface area contributed by atoms with Gasteiger partial charge in [0.05, 0.1) is 11.9 Å². The predicted molar refractivity (Wildman–Crippen MR) is 64.6 cm³/mol. The maximum Gasteiger partial charge on any atom is 0.216 e. The Hall–Kier alpha value is -0.130. The highest BCUT2D eigenvalue weighted by Crippen LogP contribution is 2.35. The summed E-state index contributed by atoms with van der Waals surface area (Å²) in [5, 5.41) is 8.18. The van der Waals surface area contributed by atoms with Gasteiger partial charge in [-0.05, 0) is 25.2 Å². The second-order valence-corrected chi connectivity index (χ2v) is 7.57. The Balaban J connectivity index is 2.72. The summed E-state index contributed by atoms with van der Waals surface area (Å²) in [7, 11) is -3.38. The molecule has 5 heteroatoms. The molecule has 1 aliphatic carbocycles. The number of rotatable bonds is 4. The number of sulfonamides is 1. The topological polar surface area (TPSA) is 66.4 Å². The lowest BCUT2D eigenvalue weighted by molar-refractivity contribution is 0.187. The lowest BCUT2D eigenvalue weighted by atomic mass is 9.74. The summed E-state index contributed by atoms with van der Waals surface area (Å²) in [5.74, 6) is 0. The van der Waals surface area contributed by atoms with Crippen molar-refractivity contribution in [2.75, 3.05) is 6.61 Å². The van der Waals surface area contributed by atoms with E-state index in [1.807, 2.05) is 0 Å². The van der Waals surface area contributed by atoms with Crippen LogP contribution in [0.2, 0.25) is 0 Å². The van der Waals surface area contributed by atoms with Crippen LogP contribution < -0.4 is 4.72 Å². The zero-order valence-electron chi connectivity index (χ0n) is 10.4. The van der Waals surface area contributed by atoms with Crippen molar-refractivity contribution in [3.63, 3.8) is 0 Å². The Morgan fingerprint density at radius 1 is 1.44 bits per heavy atom. The van der Waals surface area contributed by atoms with Crippen LogP contribution in [0.4, 0.5) is 0 Å². The van der Waals surface area contributed by atoms with Gasteiger partial charge in [-0.2, -0.15) is 0 Å². The van der Waals surface area contributed by atoms with Crippen molar-refractivity contribution in [3.05, 3.63) is 0 Å². The number of aliphatic hydroxyl groups is 1. The van der Waals surface area contributed by atoms with Gasteiger partial charge in [0.25, 0.3) is 0 Å². The Morgan fingerprint density at radius 2 is 2.06 bits per heavy atom. The summed E-state index contributed by atoms with van der Waals surface area (Å²) in [6.07, 6.45) is 4.18. The molecule has 1 aliphatic rings. The molecule has 0 aromatic carbocycles. The van der Waals surface area contributed by atoms with E-state index in [0.717, 1.165) is 19.3 Å². The molecule has 0 aliphatic heterocycles. The van der Waals surface area contributed by atoms with E-state index in [1.54, 1.807) is 0 Å². The van der Waals surface area contributed by atoms with Crippen LogP contribution in [0.1, 0.15) is 46.5 Å². The molecular weight excluding hydrogens is 226 g/mol. The fourth-order valence-electron chi connectivity index (χ4n) is 2.13. The van der Waals surface area contributed by atoms with Crippen molar-refractivity contribution < 1.29 is 13.5 Å². The molecule has 0 saturated heterocycles. The molecule has 16 heavy (non-hydrogen) atoms. The maximum absolute atomic E-state index is 11.8. The summed E-state index contributed by atoms with van der Waals surface area (Å²) in [6.45, 7) is 5.40. The van der Waals surface area contributed by atoms with Crippen molar-refractivity contribution in [1.82, 2.24) is 4.72 Å². The first kappa shape index (κ1) is 13.9. The molecule has 0 spiro atoms. The second-order valence-electron chi connectivity index (χ2n) is 5.44. The molecule has 4 nitrogen and oxygen atoms in total. The van der Waals surface area contributed by atoms with E-state index in [-0.39, 0.29) is 18.1 Å². The minimum Gasteiger partial charge on any atom is -0.395 e. The van der Waals surface area contributed by atoms with Crippen LogP contribution in [0.15, 0.2) is 0 Å². The first-order valence-electron chi connectivity index (χ1n) is 5.91. The maximum atomic E-state index is 11.8. The van der Waals surface area contributed by atoms with E-state index in [2.05, 4.69) is 18.6 Å². The van der Waals surface area contributed by atoms with Crippen molar-refractivity contribution in [3.8, 4) is 0 Å². The first-order valence-corrected chi connectivity index (χ1v) is 7.46. The Kier molecular flexibility index (Phi) is 4.37. The van der Waals surface area contributed by atoms with E-state index in [0.29, 0.717) is 0 Å². The molecule has 1 fully saturated rings. The summed E-state index contributed by atoms with van der Waals surface area (Å²) >= 11 is 0. The Labute approximate surface area is 98.5 Å². The monoisotopic (exact) mass is 249 g/mol. The highest BCUT2D eigenvalue weighted by molar-refractivity contribution is 7.90. The summed E-state index contributed by atoms with van der Waals surface area (Å²) in [4.78, 5) is 0. The van der Waals surface area contributed by atoms with Crippen LogP contribution >= 0.6 is 0 Å². The fourth-order valence-corrected chi connectivity index (χ4v) is 3.39. The van der Waals surface area contributed by atoms with Gasteiger partial charge in [-0.1, -0.05) is 26.7 Å². The number of hydrogen-bond donors (Lipinski definition) is 2. The normalized spacial score (nSPS) is 27.6. The van der Waals surface area contributed by atoms with Gasteiger partial charge in [-0.15, -0.1) is 0 Å². The van der Waals surface area contributed by atoms with Gasteiger partial charge in [0, 0.05) is 6.04 Å². The SMILES string of the molecule is CC(CO)S(=O)(=O)NC1CCCCC1(C)C. The number of hydrogen-bond acceptors (Lipinski definition) is 3. The average Bonchev–Trinajstić information content (AvgIpc) is 2.19. The molecule has 0 amide bonds. The third-order valence-electron chi connectivity index (χ3n) is 3.60. The molecule has 2 atom stereocenters. The van der Waals surface area contributed by atoms with Crippen molar-refractivity contribution in [1.29, 1.82) is 0 Å². The number of aliphatic hydroxyl groups excluding tert-OH is 1. The van der Waals surface area contributed by atoms with E-state index in [1.165, 1.54) is 13.3 Å². The molecule has 0 radical (unpaired) electrons. The van der Waals surface area contributed by atoms with E-state index < -0.39 is 15.3 Å². The van der Waals surface area contributed by atoms with Crippen LogP contribution in [0.3, 0.4) is 0 Å². The zero-order valence-corrected chi connectivity index (χ0v) is 11.2. The Morgan fingerprint density at radius 3 is 2.56 bits per heavy atom. The standard InChI is InChI=1S/C11H23NO3S/c1-9(8-13)16(14,15)12-10-6-4-5-7-11(10,2)3/h9-10,12-13H,4-8H2,1-3H3. The van der Waals surface area contributed by atoms with Gasteiger partial charge in [0.15, 0.2) is 0 Å². The summed E-state index contributed by atoms with van der Waals surface area (Å²) < 4.78 is 26.4. The van der Waals surface area contributed by atoms with Crippen LogP contribution in [0, 0.1) is 5.41 Å². The second kappa shape index (κ2) is 5.02. The minimum atomic E-state index is -3.38. The first-order chi connectivity index (χ1) is 7.29. The Bertz CT molecular complexity index is 324. The van der Waals surface area contributed by atoms with E-state index in [9.17, 15) is 8.42 Å². The molecule has 0 aromatic rings. The average molecular weight is 249 g/mol. The summed E-state index contributed by atoms with van der Waals surface area (Å²) in [6, 6.07) is 0.000231. The molecule has 1 saturated carbocycles. The van der Waals surface area contributed by atoms with Gasteiger partial charge >= 0.3 is 0 Å². The predicted octanol–water partition coefficient (Wildman–Crippen LogP) is 1.26. The van der Waals surface area contributed by atoms with Crippen molar-refractivity contribution in [2.24, 2.45) is 5.41 Å². The van der Waals surface area contributed by atoms with Gasteiger partial charge in [-0.3, -0.25) is 0 Å². The smallest absolute Gasteiger partial charge is 0.216 e. The molecule has 2 N–H and O–H groups in total. The molecule has 0 aromatic heterocycles.